The van der Waals surface area contributed by atoms with Gasteiger partial charge < -0.3 is 16.2 Å². The Morgan fingerprint density at radius 3 is 2.16 bits per heavy atom. The molecule has 4 N–H and O–H groups in total. The molecule has 0 radical (unpaired) electrons. The highest BCUT2D eigenvalue weighted by atomic mass is 16.5. The summed E-state index contributed by atoms with van der Waals surface area (Å²) in [5.74, 6) is 0.826. The van der Waals surface area contributed by atoms with Gasteiger partial charge in [0.15, 0.2) is 0 Å². The predicted octanol–water partition coefficient (Wildman–Crippen LogP) is 2.94. The maximum absolute atomic E-state index is 6.34. The highest BCUT2D eigenvalue weighted by Crippen LogP contribution is 2.31. The van der Waals surface area contributed by atoms with E-state index in [2.05, 4.69) is 19.9 Å². The fourth-order valence-corrected chi connectivity index (χ4v) is 2.11. The minimum Gasteiger partial charge on any atom is -0.496 e. The molecule has 2 rings (SSSR count). The lowest BCUT2D eigenvalue weighted by Crippen LogP contribution is -2.13. The van der Waals surface area contributed by atoms with Crippen LogP contribution in [0.15, 0.2) is 36.4 Å². The van der Waals surface area contributed by atoms with Gasteiger partial charge in [0, 0.05) is 11.3 Å². The average molecular weight is 256 g/mol. The molecular formula is C16H20N2O. The topological polar surface area (TPSA) is 61.3 Å². The van der Waals surface area contributed by atoms with Crippen molar-refractivity contribution in [2.75, 3.05) is 12.8 Å². The van der Waals surface area contributed by atoms with Crippen LogP contribution in [0.25, 0.3) is 0 Å². The van der Waals surface area contributed by atoms with E-state index in [0.717, 1.165) is 22.6 Å². The summed E-state index contributed by atoms with van der Waals surface area (Å²) < 4.78 is 5.44. The molecule has 100 valence electrons. The molecule has 3 nitrogen and oxygen atoms in total. The summed E-state index contributed by atoms with van der Waals surface area (Å²) in [4.78, 5) is 0. The molecule has 0 amide bonds. The van der Waals surface area contributed by atoms with Crippen molar-refractivity contribution >= 4 is 5.69 Å². The lowest BCUT2D eigenvalue weighted by molar-refractivity contribution is 0.407. The van der Waals surface area contributed by atoms with E-state index in [9.17, 15) is 0 Å². The minimum atomic E-state index is -0.213. The molecule has 1 unspecified atom stereocenters. The van der Waals surface area contributed by atoms with E-state index in [1.54, 1.807) is 7.11 Å². The van der Waals surface area contributed by atoms with Gasteiger partial charge in [-0.3, -0.25) is 0 Å². The fourth-order valence-electron chi connectivity index (χ4n) is 2.11. The molecule has 0 fully saturated rings. The normalized spacial score (nSPS) is 12.2. The maximum atomic E-state index is 6.34. The number of rotatable bonds is 3. The van der Waals surface area contributed by atoms with Gasteiger partial charge in [0.2, 0.25) is 0 Å². The number of nitrogens with two attached hydrogens (primary N) is 2. The second-order valence-electron chi connectivity index (χ2n) is 4.82. The van der Waals surface area contributed by atoms with Crippen LogP contribution in [-0.2, 0) is 0 Å². The van der Waals surface area contributed by atoms with E-state index in [4.69, 9.17) is 16.2 Å². The number of benzene rings is 2. The number of methoxy groups -OCH3 is 1. The molecule has 0 aliphatic heterocycles. The third-order valence-corrected chi connectivity index (χ3v) is 3.48. The van der Waals surface area contributed by atoms with Gasteiger partial charge in [-0.1, -0.05) is 18.2 Å². The lowest BCUT2D eigenvalue weighted by atomic mass is 9.95. The standard InChI is InChI=1S/C16H20N2O/c1-10-8-14(15(19-3)9-11(10)2)16(18)12-4-6-13(17)7-5-12/h4-9,16H,17-18H2,1-3H3. The monoisotopic (exact) mass is 256 g/mol. The summed E-state index contributed by atoms with van der Waals surface area (Å²) >= 11 is 0. The summed E-state index contributed by atoms with van der Waals surface area (Å²) in [6.45, 7) is 4.14. The van der Waals surface area contributed by atoms with Gasteiger partial charge >= 0.3 is 0 Å². The first kappa shape index (κ1) is 13.4. The number of hydrogen-bond donors (Lipinski definition) is 2. The fraction of sp³-hybridized carbons (Fsp3) is 0.250. The van der Waals surface area contributed by atoms with Crippen LogP contribution in [0.5, 0.6) is 5.75 Å². The van der Waals surface area contributed by atoms with Gasteiger partial charge in [-0.15, -0.1) is 0 Å². The van der Waals surface area contributed by atoms with E-state index in [0.29, 0.717) is 0 Å². The first-order chi connectivity index (χ1) is 9.02. The summed E-state index contributed by atoms with van der Waals surface area (Å²) in [6.07, 6.45) is 0. The van der Waals surface area contributed by atoms with Crippen molar-refractivity contribution in [2.45, 2.75) is 19.9 Å². The second kappa shape index (κ2) is 5.33. The van der Waals surface area contributed by atoms with E-state index in [1.807, 2.05) is 30.3 Å². The molecule has 0 saturated carbocycles. The van der Waals surface area contributed by atoms with Gasteiger partial charge in [-0.25, -0.2) is 0 Å². The Balaban J connectivity index is 2.45. The van der Waals surface area contributed by atoms with Crippen LogP contribution >= 0.6 is 0 Å². The highest BCUT2D eigenvalue weighted by Gasteiger charge is 2.15. The third kappa shape index (κ3) is 2.71. The van der Waals surface area contributed by atoms with Gasteiger partial charge in [-0.2, -0.15) is 0 Å². The van der Waals surface area contributed by atoms with Crippen molar-refractivity contribution in [3.05, 3.63) is 58.7 Å². The number of nitrogen functional groups attached to an aromatic ring is 1. The van der Waals surface area contributed by atoms with Crippen LogP contribution < -0.4 is 16.2 Å². The quantitative estimate of drug-likeness (QED) is 0.830. The van der Waals surface area contributed by atoms with Crippen molar-refractivity contribution in [1.29, 1.82) is 0 Å². The van der Waals surface area contributed by atoms with E-state index in [-0.39, 0.29) is 6.04 Å². The minimum absolute atomic E-state index is 0.213. The average Bonchev–Trinajstić information content (AvgIpc) is 2.41. The molecule has 1 atom stereocenters. The molecule has 0 aliphatic rings. The zero-order chi connectivity index (χ0) is 14.0. The van der Waals surface area contributed by atoms with Crippen molar-refractivity contribution in [2.24, 2.45) is 5.73 Å². The molecule has 3 heteroatoms. The van der Waals surface area contributed by atoms with E-state index in [1.165, 1.54) is 11.1 Å². The Bertz CT molecular complexity index is 576. The Morgan fingerprint density at radius 1 is 1.00 bits per heavy atom. The third-order valence-electron chi connectivity index (χ3n) is 3.48. The van der Waals surface area contributed by atoms with Crippen LogP contribution in [0.2, 0.25) is 0 Å². The number of anilines is 1. The van der Waals surface area contributed by atoms with E-state index < -0.39 is 0 Å². The summed E-state index contributed by atoms with van der Waals surface area (Å²) in [5.41, 5.74) is 17.2. The maximum Gasteiger partial charge on any atom is 0.124 e. The van der Waals surface area contributed by atoms with Gasteiger partial charge in [0.25, 0.3) is 0 Å². The summed E-state index contributed by atoms with van der Waals surface area (Å²) in [7, 11) is 1.67. The second-order valence-corrected chi connectivity index (χ2v) is 4.82. The molecule has 0 bridgehead atoms. The zero-order valence-corrected chi connectivity index (χ0v) is 11.6. The zero-order valence-electron chi connectivity index (χ0n) is 11.6. The Labute approximate surface area is 114 Å². The van der Waals surface area contributed by atoms with Crippen LogP contribution in [0, 0.1) is 13.8 Å². The molecule has 19 heavy (non-hydrogen) atoms. The number of ether oxygens (including phenoxy) is 1. The first-order valence-electron chi connectivity index (χ1n) is 6.29. The molecule has 0 spiro atoms. The summed E-state index contributed by atoms with van der Waals surface area (Å²) in [6, 6.07) is 11.5. The van der Waals surface area contributed by atoms with Crippen LogP contribution in [0.3, 0.4) is 0 Å². The molecule has 0 aliphatic carbocycles. The Morgan fingerprint density at radius 2 is 1.58 bits per heavy atom. The molecule has 2 aromatic carbocycles. The molecule has 0 heterocycles. The van der Waals surface area contributed by atoms with Crippen molar-refractivity contribution < 1.29 is 4.74 Å². The van der Waals surface area contributed by atoms with Gasteiger partial charge in [0.05, 0.1) is 13.2 Å². The number of hydrogen-bond acceptors (Lipinski definition) is 3. The molecule has 0 aromatic heterocycles. The molecule has 2 aromatic rings. The number of aryl methyl sites for hydroxylation is 2. The Hall–Kier alpha value is -2.00. The first-order valence-corrected chi connectivity index (χ1v) is 6.29. The SMILES string of the molecule is COc1cc(C)c(C)cc1C(N)c1ccc(N)cc1. The summed E-state index contributed by atoms with van der Waals surface area (Å²) in [5, 5.41) is 0. The van der Waals surface area contributed by atoms with Crippen molar-refractivity contribution in [3.63, 3.8) is 0 Å². The van der Waals surface area contributed by atoms with Crippen LogP contribution in [0.1, 0.15) is 28.3 Å². The molecule has 0 saturated heterocycles. The predicted molar refractivity (Wildman–Crippen MR) is 79.4 cm³/mol. The van der Waals surface area contributed by atoms with Crippen molar-refractivity contribution in [3.8, 4) is 5.75 Å². The largest absolute Gasteiger partial charge is 0.496 e. The van der Waals surface area contributed by atoms with Crippen LogP contribution in [0.4, 0.5) is 5.69 Å². The van der Waals surface area contributed by atoms with Crippen LogP contribution in [-0.4, -0.2) is 7.11 Å². The van der Waals surface area contributed by atoms with Gasteiger partial charge in [0.1, 0.15) is 5.75 Å². The lowest BCUT2D eigenvalue weighted by Gasteiger charge is -2.18. The van der Waals surface area contributed by atoms with Crippen molar-refractivity contribution in [1.82, 2.24) is 0 Å². The Kier molecular flexibility index (Phi) is 3.76. The smallest absolute Gasteiger partial charge is 0.124 e. The molecular weight excluding hydrogens is 236 g/mol. The van der Waals surface area contributed by atoms with Gasteiger partial charge in [-0.05, 0) is 48.7 Å². The highest BCUT2D eigenvalue weighted by molar-refractivity contribution is 5.48. The van der Waals surface area contributed by atoms with E-state index >= 15 is 0 Å².